The zero-order chi connectivity index (χ0) is 21.6. The maximum atomic E-state index is 14.7. The van der Waals surface area contributed by atoms with Gasteiger partial charge in [0.1, 0.15) is 11.6 Å². The minimum absolute atomic E-state index is 0.155. The van der Waals surface area contributed by atoms with Gasteiger partial charge < -0.3 is 4.74 Å². The second-order valence-corrected chi connectivity index (χ2v) is 7.61. The molecule has 0 amide bonds. The summed E-state index contributed by atoms with van der Waals surface area (Å²) in [6.45, 7) is 0.855. The maximum absolute atomic E-state index is 14.7. The predicted octanol–water partition coefficient (Wildman–Crippen LogP) is 8.10. The highest BCUT2D eigenvalue weighted by molar-refractivity contribution is 5.88. The Kier molecular flexibility index (Phi) is 7.35. The van der Waals surface area contributed by atoms with E-state index >= 15 is 0 Å². The first-order chi connectivity index (χ1) is 14.4. The van der Waals surface area contributed by atoms with Crippen molar-refractivity contribution in [1.82, 2.24) is 0 Å². The molecule has 0 unspecified atom stereocenters. The van der Waals surface area contributed by atoms with Gasteiger partial charge in [-0.15, -0.1) is 0 Å². The summed E-state index contributed by atoms with van der Waals surface area (Å²) in [5, 5.41) is 1.55. The van der Waals surface area contributed by atoms with Gasteiger partial charge in [-0.05, 0) is 59.0 Å². The summed E-state index contributed by atoms with van der Waals surface area (Å²) in [6.07, 6.45) is 2.39. The number of rotatable bonds is 9. The highest BCUT2D eigenvalue weighted by Gasteiger charge is 2.28. The van der Waals surface area contributed by atoms with E-state index in [0.29, 0.717) is 5.56 Å². The van der Waals surface area contributed by atoms with Crippen molar-refractivity contribution in [3.05, 3.63) is 66.0 Å². The number of benzene rings is 3. The van der Waals surface area contributed by atoms with Crippen LogP contribution < -0.4 is 4.74 Å². The summed E-state index contributed by atoms with van der Waals surface area (Å²) in [6, 6.07) is 15.5. The third-order valence-corrected chi connectivity index (χ3v) is 5.13. The maximum Gasteiger partial charge on any atom is 0.422 e. The molecule has 0 saturated heterocycles. The second kappa shape index (κ2) is 9.96. The average molecular weight is 418 g/mol. The summed E-state index contributed by atoms with van der Waals surface area (Å²) < 4.78 is 56.5. The van der Waals surface area contributed by atoms with Gasteiger partial charge in [0, 0.05) is 5.56 Å². The lowest BCUT2D eigenvalue weighted by Gasteiger charge is -2.11. The molecule has 5 heteroatoms. The lowest BCUT2D eigenvalue weighted by molar-refractivity contribution is -0.153. The summed E-state index contributed by atoms with van der Waals surface area (Å²) in [4.78, 5) is 0. The number of ether oxygens (including phenoxy) is 1. The fraction of sp³-hybridized carbons (Fsp3) is 0.360. The standard InChI is InChI=1S/C25H26F4O/c1-2-3-4-5-6-7-18-8-13-23(24(26)14-18)21-10-9-20-16-22(12-11-19(20)15-21)30-17-25(27,28)29/h8-16H,2-7,17H2,1H3. The molecule has 0 atom stereocenters. The molecular weight excluding hydrogens is 392 g/mol. The summed E-state index contributed by atoms with van der Waals surface area (Å²) >= 11 is 0. The summed E-state index contributed by atoms with van der Waals surface area (Å²) in [5.41, 5.74) is 2.25. The lowest BCUT2D eigenvalue weighted by Crippen LogP contribution is -2.19. The van der Waals surface area contributed by atoms with Crippen LogP contribution in [0, 0.1) is 5.82 Å². The van der Waals surface area contributed by atoms with Crippen LogP contribution in [0.5, 0.6) is 5.75 Å². The van der Waals surface area contributed by atoms with E-state index in [2.05, 4.69) is 6.92 Å². The lowest BCUT2D eigenvalue weighted by atomic mass is 9.98. The van der Waals surface area contributed by atoms with E-state index < -0.39 is 12.8 Å². The quantitative estimate of drug-likeness (QED) is 0.252. The number of fused-ring (bicyclic) bond motifs is 1. The first kappa shape index (κ1) is 22.1. The molecule has 160 valence electrons. The van der Waals surface area contributed by atoms with Crippen molar-refractivity contribution < 1.29 is 22.3 Å². The monoisotopic (exact) mass is 418 g/mol. The number of unbranched alkanes of at least 4 members (excludes halogenated alkanes) is 4. The molecule has 0 N–H and O–H groups in total. The van der Waals surface area contributed by atoms with Crippen LogP contribution in [0.15, 0.2) is 54.6 Å². The largest absolute Gasteiger partial charge is 0.484 e. The first-order valence-corrected chi connectivity index (χ1v) is 10.4. The Morgan fingerprint density at radius 2 is 1.53 bits per heavy atom. The van der Waals surface area contributed by atoms with Crippen molar-refractivity contribution in [2.24, 2.45) is 0 Å². The number of hydrogen-bond donors (Lipinski definition) is 0. The molecule has 0 fully saturated rings. The molecular formula is C25H26F4O. The minimum atomic E-state index is -4.38. The van der Waals surface area contributed by atoms with Crippen molar-refractivity contribution >= 4 is 10.8 Å². The van der Waals surface area contributed by atoms with Crippen LogP contribution in [-0.4, -0.2) is 12.8 Å². The van der Waals surface area contributed by atoms with E-state index in [-0.39, 0.29) is 11.6 Å². The Labute approximate surface area is 174 Å². The normalized spacial score (nSPS) is 11.8. The topological polar surface area (TPSA) is 9.23 Å². The average Bonchev–Trinajstić information content (AvgIpc) is 2.71. The van der Waals surface area contributed by atoms with E-state index in [0.717, 1.165) is 41.2 Å². The van der Waals surface area contributed by atoms with Gasteiger partial charge in [-0.25, -0.2) is 4.39 Å². The molecule has 3 aromatic carbocycles. The third-order valence-electron chi connectivity index (χ3n) is 5.13. The smallest absolute Gasteiger partial charge is 0.422 e. The zero-order valence-electron chi connectivity index (χ0n) is 17.1. The molecule has 0 radical (unpaired) electrons. The fourth-order valence-electron chi connectivity index (χ4n) is 3.53. The Morgan fingerprint density at radius 1 is 0.800 bits per heavy atom. The Morgan fingerprint density at radius 3 is 2.27 bits per heavy atom. The van der Waals surface area contributed by atoms with E-state index in [4.69, 9.17) is 4.74 Å². The van der Waals surface area contributed by atoms with E-state index in [1.54, 1.807) is 36.4 Å². The molecule has 0 heterocycles. The zero-order valence-corrected chi connectivity index (χ0v) is 17.1. The summed E-state index contributed by atoms with van der Waals surface area (Å²) in [5.74, 6) is -0.104. The van der Waals surface area contributed by atoms with Crippen LogP contribution in [0.3, 0.4) is 0 Å². The van der Waals surface area contributed by atoms with Crippen LogP contribution in [0.4, 0.5) is 17.6 Å². The molecule has 0 aliphatic carbocycles. The van der Waals surface area contributed by atoms with Gasteiger partial charge in [-0.1, -0.05) is 62.9 Å². The van der Waals surface area contributed by atoms with Crippen molar-refractivity contribution in [3.63, 3.8) is 0 Å². The van der Waals surface area contributed by atoms with Gasteiger partial charge in [-0.2, -0.15) is 13.2 Å². The van der Waals surface area contributed by atoms with Crippen LogP contribution in [0.2, 0.25) is 0 Å². The van der Waals surface area contributed by atoms with Gasteiger partial charge in [0.05, 0.1) is 0 Å². The van der Waals surface area contributed by atoms with Crippen molar-refractivity contribution in [1.29, 1.82) is 0 Å². The molecule has 0 spiro atoms. The molecule has 0 saturated carbocycles. The molecule has 3 aromatic rings. The molecule has 30 heavy (non-hydrogen) atoms. The highest BCUT2D eigenvalue weighted by Crippen LogP contribution is 2.30. The predicted molar refractivity (Wildman–Crippen MR) is 113 cm³/mol. The number of hydrogen-bond acceptors (Lipinski definition) is 1. The van der Waals surface area contributed by atoms with Gasteiger partial charge >= 0.3 is 6.18 Å². The van der Waals surface area contributed by atoms with Crippen LogP contribution >= 0.6 is 0 Å². The van der Waals surface area contributed by atoms with Gasteiger partial charge in [0.15, 0.2) is 6.61 Å². The second-order valence-electron chi connectivity index (χ2n) is 7.61. The van der Waals surface area contributed by atoms with Gasteiger partial charge in [0.25, 0.3) is 0 Å². The molecule has 0 aliphatic heterocycles. The Balaban J connectivity index is 1.71. The first-order valence-electron chi connectivity index (χ1n) is 10.4. The minimum Gasteiger partial charge on any atom is -0.484 e. The van der Waals surface area contributed by atoms with Crippen molar-refractivity contribution in [3.8, 4) is 16.9 Å². The number of alkyl halides is 3. The van der Waals surface area contributed by atoms with E-state index in [1.807, 2.05) is 12.1 Å². The molecule has 3 rings (SSSR count). The van der Waals surface area contributed by atoms with E-state index in [1.165, 1.54) is 25.3 Å². The van der Waals surface area contributed by atoms with Crippen molar-refractivity contribution in [2.75, 3.05) is 6.61 Å². The van der Waals surface area contributed by atoms with Gasteiger partial charge in [0.2, 0.25) is 0 Å². The fourth-order valence-corrected chi connectivity index (χ4v) is 3.53. The van der Waals surface area contributed by atoms with E-state index in [9.17, 15) is 17.6 Å². The third kappa shape index (κ3) is 6.22. The molecule has 0 aliphatic rings. The number of halogens is 4. The SMILES string of the molecule is CCCCCCCc1ccc(-c2ccc3cc(OCC(F)(F)F)ccc3c2)c(F)c1. The molecule has 0 aromatic heterocycles. The molecule has 0 bridgehead atoms. The van der Waals surface area contributed by atoms with Crippen LogP contribution in [-0.2, 0) is 6.42 Å². The Hall–Kier alpha value is -2.56. The van der Waals surface area contributed by atoms with Gasteiger partial charge in [-0.3, -0.25) is 0 Å². The molecule has 1 nitrogen and oxygen atoms in total. The highest BCUT2D eigenvalue weighted by atomic mass is 19.4. The number of aryl methyl sites for hydroxylation is 1. The van der Waals surface area contributed by atoms with Crippen LogP contribution in [0.1, 0.15) is 44.6 Å². The van der Waals surface area contributed by atoms with Crippen molar-refractivity contribution in [2.45, 2.75) is 51.6 Å². The Bertz CT molecular complexity index is 979. The summed E-state index contributed by atoms with van der Waals surface area (Å²) in [7, 11) is 0. The van der Waals surface area contributed by atoms with Crippen LogP contribution in [0.25, 0.3) is 21.9 Å².